The lowest BCUT2D eigenvalue weighted by atomic mass is 9.70. The zero-order valence-electron chi connectivity index (χ0n) is 35.6. The van der Waals surface area contributed by atoms with E-state index in [0.717, 1.165) is 33.6 Å². The van der Waals surface area contributed by atoms with Gasteiger partial charge >= 0.3 is 0 Å². The van der Waals surface area contributed by atoms with Crippen molar-refractivity contribution < 1.29 is 4.42 Å². The van der Waals surface area contributed by atoms with E-state index in [1.807, 2.05) is 0 Å². The van der Waals surface area contributed by atoms with E-state index in [0.29, 0.717) is 0 Å². The van der Waals surface area contributed by atoms with Crippen LogP contribution in [0.25, 0.3) is 77.2 Å². The van der Waals surface area contributed by atoms with E-state index < -0.39 is 5.41 Å². The van der Waals surface area contributed by atoms with E-state index in [1.54, 1.807) is 0 Å². The summed E-state index contributed by atoms with van der Waals surface area (Å²) < 4.78 is 6.68. The molecule has 0 radical (unpaired) electrons. The van der Waals surface area contributed by atoms with Crippen molar-refractivity contribution in [3.8, 4) is 44.5 Å². The SMILES string of the molecule is CC1(C)c2cc(N(c3ccc4c(c3)C3(c5ccccc5-c5ccccc53)c3ccccc3-4)c3ccc4ccccc4c3)ccc2-c2c1cc1oc3ccccc3c1c2-c1ccccc1. The molecule has 300 valence electrons. The Kier molecular flexibility index (Phi) is 7.13. The molecule has 10 aromatic carbocycles. The zero-order valence-corrected chi connectivity index (χ0v) is 35.6. The van der Waals surface area contributed by atoms with Crippen LogP contribution in [0.15, 0.2) is 217 Å². The summed E-state index contributed by atoms with van der Waals surface area (Å²) in [7, 11) is 0. The Bertz CT molecular complexity index is 3710. The Morgan fingerprint density at radius 1 is 0.359 bits per heavy atom. The molecule has 0 saturated heterocycles. The molecule has 0 bridgehead atoms. The third-order valence-electron chi connectivity index (χ3n) is 14.8. The van der Waals surface area contributed by atoms with Crippen LogP contribution >= 0.6 is 0 Å². The molecule has 3 aliphatic rings. The van der Waals surface area contributed by atoms with Gasteiger partial charge in [0.05, 0.1) is 5.41 Å². The molecule has 2 nitrogen and oxygen atoms in total. The average Bonchev–Trinajstić information content (AvgIpc) is 4.03. The number of benzene rings is 10. The number of fused-ring (bicyclic) bond motifs is 17. The highest BCUT2D eigenvalue weighted by atomic mass is 16.3. The fraction of sp³-hybridized carbons (Fsp3) is 0.0645. The van der Waals surface area contributed by atoms with Crippen LogP contribution in [-0.4, -0.2) is 0 Å². The van der Waals surface area contributed by atoms with Crippen LogP contribution in [0.1, 0.15) is 47.2 Å². The van der Waals surface area contributed by atoms with Gasteiger partial charge in [0.15, 0.2) is 0 Å². The highest BCUT2D eigenvalue weighted by Crippen LogP contribution is 2.64. The Labute approximate surface area is 372 Å². The van der Waals surface area contributed by atoms with Crippen molar-refractivity contribution >= 4 is 49.8 Å². The van der Waals surface area contributed by atoms with Gasteiger partial charge in [-0.2, -0.15) is 0 Å². The minimum absolute atomic E-state index is 0.312. The zero-order chi connectivity index (χ0) is 42.3. The van der Waals surface area contributed by atoms with E-state index in [9.17, 15) is 0 Å². The largest absolute Gasteiger partial charge is 0.456 e. The second-order valence-electron chi connectivity index (χ2n) is 18.3. The first-order valence-electron chi connectivity index (χ1n) is 22.4. The fourth-order valence-electron chi connectivity index (χ4n) is 12.1. The Balaban J connectivity index is 1.02. The summed E-state index contributed by atoms with van der Waals surface area (Å²) in [5.41, 5.74) is 22.7. The number of para-hydroxylation sites is 1. The molecule has 64 heavy (non-hydrogen) atoms. The van der Waals surface area contributed by atoms with E-state index in [4.69, 9.17) is 4.42 Å². The smallest absolute Gasteiger partial charge is 0.136 e. The number of rotatable bonds is 4. The van der Waals surface area contributed by atoms with Gasteiger partial charge in [-0.15, -0.1) is 0 Å². The summed E-state index contributed by atoms with van der Waals surface area (Å²) in [5.74, 6) is 0. The first-order valence-corrected chi connectivity index (χ1v) is 22.4. The van der Waals surface area contributed by atoms with Crippen LogP contribution in [0.3, 0.4) is 0 Å². The van der Waals surface area contributed by atoms with Crippen LogP contribution in [0.4, 0.5) is 17.1 Å². The maximum atomic E-state index is 6.68. The van der Waals surface area contributed by atoms with Gasteiger partial charge in [0.1, 0.15) is 11.2 Å². The summed E-state index contributed by atoms with van der Waals surface area (Å²) in [6.07, 6.45) is 0. The molecule has 0 aliphatic heterocycles. The maximum absolute atomic E-state index is 6.68. The Morgan fingerprint density at radius 2 is 0.891 bits per heavy atom. The molecular formula is C62H41NO. The molecule has 0 fully saturated rings. The predicted octanol–water partition coefficient (Wildman–Crippen LogP) is 16.5. The van der Waals surface area contributed by atoms with Crippen molar-refractivity contribution in [2.45, 2.75) is 24.7 Å². The lowest BCUT2D eigenvalue weighted by Crippen LogP contribution is -2.26. The van der Waals surface area contributed by atoms with Crippen molar-refractivity contribution in [1.29, 1.82) is 0 Å². The topological polar surface area (TPSA) is 16.4 Å². The van der Waals surface area contributed by atoms with Crippen molar-refractivity contribution in [1.82, 2.24) is 0 Å². The summed E-state index contributed by atoms with van der Waals surface area (Å²) >= 11 is 0. The normalized spacial score (nSPS) is 14.3. The summed E-state index contributed by atoms with van der Waals surface area (Å²) in [6, 6.07) is 79.0. The van der Waals surface area contributed by atoms with Crippen molar-refractivity contribution in [2.24, 2.45) is 0 Å². The van der Waals surface area contributed by atoms with Crippen molar-refractivity contribution in [2.75, 3.05) is 4.90 Å². The first-order chi connectivity index (χ1) is 31.5. The van der Waals surface area contributed by atoms with E-state index >= 15 is 0 Å². The Morgan fingerprint density at radius 3 is 1.59 bits per heavy atom. The van der Waals surface area contributed by atoms with Gasteiger partial charge in [-0.25, -0.2) is 0 Å². The van der Waals surface area contributed by atoms with Crippen LogP contribution in [-0.2, 0) is 10.8 Å². The van der Waals surface area contributed by atoms with Crippen molar-refractivity contribution in [3.05, 3.63) is 246 Å². The first kappa shape index (κ1) is 35.6. The lowest BCUT2D eigenvalue weighted by Gasteiger charge is -2.32. The molecule has 0 saturated carbocycles. The average molecular weight is 816 g/mol. The fourth-order valence-corrected chi connectivity index (χ4v) is 12.1. The lowest BCUT2D eigenvalue weighted by molar-refractivity contribution is 0.647. The number of hydrogen-bond donors (Lipinski definition) is 0. The van der Waals surface area contributed by atoms with Crippen LogP contribution < -0.4 is 4.90 Å². The highest BCUT2D eigenvalue weighted by molar-refractivity contribution is 6.18. The third-order valence-corrected chi connectivity index (χ3v) is 14.8. The highest BCUT2D eigenvalue weighted by Gasteiger charge is 2.51. The number of nitrogens with zero attached hydrogens (tertiary/aromatic N) is 1. The van der Waals surface area contributed by atoms with E-state index in [2.05, 4.69) is 231 Å². The molecule has 0 N–H and O–H groups in total. The maximum Gasteiger partial charge on any atom is 0.136 e. The number of furan rings is 1. The van der Waals surface area contributed by atoms with Gasteiger partial charge in [0.2, 0.25) is 0 Å². The third kappa shape index (κ3) is 4.59. The molecular weight excluding hydrogens is 775 g/mol. The van der Waals surface area contributed by atoms with Crippen LogP contribution in [0.5, 0.6) is 0 Å². The molecule has 3 aliphatic carbocycles. The van der Waals surface area contributed by atoms with Gasteiger partial charge in [0.25, 0.3) is 0 Å². The number of anilines is 3. The minimum atomic E-state index is -0.444. The standard InChI is InChI=1S/C62H41NO/c1-61(2)53-35-42(31-33-48(53)59-55(61)37-57-60(49-23-11-15-27-56(49)64-57)58(59)39-17-4-3-5-18-39)63(41-29-28-38-16-6-7-19-40(38)34-41)43-30-32-47-46-22-10-14-26-52(46)62(54(47)36-43)50-24-12-8-20-44(50)45-21-9-13-25-51(45)62/h3-37H,1-2H3. The molecule has 0 atom stereocenters. The second kappa shape index (κ2) is 12.8. The quantitative estimate of drug-likeness (QED) is 0.176. The van der Waals surface area contributed by atoms with E-state index in [1.165, 1.54) is 94.0 Å². The second-order valence-corrected chi connectivity index (χ2v) is 18.3. The molecule has 1 aromatic heterocycles. The van der Waals surface area contributed by atoms with Gasteiger partial charge in [-0.1, -0.05) is 178 Å². The van der Waals surface area contributed by atoms with Gasteiger partial charge in [-0.3, -0.25) is 0 Å². The molecule has 14 rings (SSSR count). The van der Waals surface area contributed by atoms with Gasteiger partial charge in [0, 0.05) is 38.8 Å². The molecule has 1 spiro atoms. The molecule has 2 heteroatoms. The van der Waals surface area contributed by atoms with Crippen LogP contribution in [0, 0.1) is 0 Å². The van der Waals surface area contributed by atoms with Gasteiger partial charge < -0.3 is 9.32 Å². The van der Waals surface area contributed by atoms with Crippen LogP contribution in [0.2, 0.25) is 0 Å². The monoisotopic (exact) mass is 815 g/mol. The molecule has 0 unspecified atom stereocenters. The summed E-state index contributed by atoms with van der Waals surface area (Å²) in [6.45, 7) is 4.77. The molecule has 0 amide bonds. The predicted molar refractivity (Wildman–Crippen MR) is 265 cm³/mol. The summed E-state index contributed by atoms with van der Waals surface area (Å²) in [5, 5.41) is 4.76. The van der Waals surface area contributed by atoms with Gasteiger partial charge in [-0.05, 0) is 132 Å². The van der Waals surface area contributed by atoms with Crippen molar-refractivity contribution in [3.63, 3.8) is 0 Å². The van der Waals surface area contributed by atoms with E-state index in [-0.39, 0.29) is 5.41 Å². The summed E-state index contributed by atoms with van der Waals surface area (Å²) in [4.78, 5) is 2.49. The Hall–Kier alpha value is -7.94. The molecule has 11 aromatic rings. The molecule has 1 heterocycles. The minimum Gasteiger partial charge on any atom is -0.456 e. The number of hydrogen-bond acceptors (Lipinski definition) is 2.